The van der Waals surface area contributed by atoms with Gasteiger partial charge in [0.2, 0.25) is 53.2 Å². The van der Waals surface area contributed by atoms with Crippen molar-refractivity contribution >= 4 is 98.5 Å². The molecule has 9 atom stereocenters. The largest absolute Gasteiger partial charge is 0.508 e. The number of H-pyrrole nitrogens is 2. The molecule has 2 fully saturated rings. The average molecular weight is 1360 g/mol. The molecule has 0 unspecified atom stereocenters. The molecule has 0 radical (unpaired) electrons. The predicted octanol–water partition coefficient (Wildman–Crippen LogP) is 4.81. The van der Waals surface area contributed by atoms with E-state index in [-0.39, 0.29) is 69.2 Å². The van der Waals surface area contributed by atoms with Crippen molar-refractivity contribution in [1.82, 2.24) is 57.0 Å². The number of nitrogens with zero attached hydrogens (tertiary/aromatic N) is 2. The van der Waals surface area contributed by atoms with Gasteiger partial charge in [0.15, 0.2) is 0 Å². The summed E-state index contributed by atoms with van der Waals surface area (Å²) >= 11 is 3.16. The first-order valence-electron chi connectivity index (χ1n) is 32.6. The first-order valence-corrected chi connectivity index (χ1v) is 34.9. The van der Waals surface area contributed by atoms with Gasteiger partial charge in [-0.15, -0.1) is 0 Å². The topological polar surface area (TPSA) is 331 Å². The highest BCUT2D eigenvalue weighted by Gasteiger charge is 2.48. The Labute approximate surface area is 564 Å². The summed E-state index contributed by atoms with van der Waals surface area (Å²) in [7, 11) is 1.34. The van der Waals surface area contributed by atoms with E-state index in [1.54, 1.807) is 61.9 Å². The van der Waals surface area contributed by atoms with Gasteiger partial charge in [0.05, 0.1) is 6.10 Å². The number of thioether (sulfide) groups is 2. The summed E-state index contributed by atoms with van der Waals surface area (Å²) in [6, 6.07) is 12.8. The van der Waals surface area contributed by atoms with Gasteiger partial charge in [-0.05, 0) is 149 Å². The van der Waals surface area contributed by atoms with Crippen LogP contribution in [0.4, 0.5) is 8.78 Å². The van der Waals surface area contributed by atoms with E-state index in [1.165, 1.54) is 72.4 Å². The molecule has 12 N–H and O–H groups in total. The van der Waals surface area contributed by atoms with Crippen molar-refractivity contribution in [3.63, 3.8) is 0 Å². The highest BCUT2D eigenvalue weighted by Crippen LogP contribution is 2.32. The number of carbonyl (C=O) groups excluding carboxylic acids is 9. The second-order valence-electron chi connectivity index (χ2n) is 25.0. The second-order valence-corrected chi connectivity index (χ2v) is 27.2. The number of nitrogens with one attached hydrogen (secondary N) is 9. The first-order chi connectivity index (χ1) is 46.1. The lowest BCUT2D eigenvalue weighted by Gasteiger charge is -2.37. The third-order valence-electron chi connectivity index (χ3n) is 18.1. The number of carbonyl (C=O) groups is 9. The van der Waals surface area contributed by atoms with E-state index < -0.39 is 107 Å². The zero-order chi connectivity index (χ0) is 68.6. The number of aromatic amines is 2. The molecule has 2 saturated heterocycles. The quantitative estimate of drug-likeness (QED) is 0.0733. The number of hydrogen-bond donors (Lipinski definition) is 11. The Morgan fingerprint density at radius 2 is 1.28 bits per heavy atom. The summed E-state index contributed by atoms with van der Waals surface area (Å²) in [5.41, 5.74) is 9.01. The standard InChI is InChI=1S/C69H86F2N12O11S2/c1-40-61(86)78-55(32-45-36-74-52-20-16-47(70)34-50(45)52)63(88)79-57(33-46-37-75-53-21-17-48(71)35-51(46)53)66(91)82-26-8-13-58(82)64(89)81-60(41(2)94-4)65(90)80-56(31-42-14-18-49(84)19-15-42)67(92)83-27-9-23-69(83,3)68(93)73-25-29-96-39-44-11-7-10-43(30-44)38-95-28-22-59(85)77-54(62(87)76-40)12-5-6-24-72/h7,10-11,14-21,30,34-37,40-41,54-58,60,74-75,84H,5-6,8-9,12-13,22-29,31-33,38-39,72H2,1-4H3,(H,73,93)(H,76,87)(H,77,85)(H,78,86)(H,79,88)(H,80,90)(H,81,89)/t40-,41+,54+,55+,56+,57+,58+,60+,69+/m1/s1. The average Bonchev–Trinajstić information content (AvgIpc) is 1.59. The van der Waals surface area contributed by atoms with Crippen molar-refractivity contribution < 1.29 is 61.8 Å². The van der Waals surface area contributed by atoms with Crippen molar-refractivity contribution in [3.05, 3.63) is 137 Å². The van der Waals surface area contributed by atoms with Crippen LogP contribution in [0.3, 0.4) is 0 Å². The molecule has 23 nitrogen and oxygen atoms in total. The van der Waals surface area contributed by atoms with Gasteiger partial charge in [-0.3, -0.25) is 43.2 Å². The van der Waals surface area contributed by atoms with Gasteiger partial charge in [-0.1, -0.05) is 36.4 Å². The van der Waals surface area contributed by atoms with Gasteiger partial charge in [0.1, 0.15) is 65.2 Å². The molecule has 4 aromatic carbocycles. The van der Waals surface area contributed by atoms with Crippen LogP contribution in [-0.2, 0) is 78.7 Å². The fraction of sp³-hybridized carbons (Fsp3) is 0.464. The van der Waals surface area contributed by atoms with Crippen LogP contribution < -0.4 is 43.0 Å². The molecule has 2 aromatic heterocycles. The third-order valence-corrected chi connectivity index (χ3v) is 20.1. The third kappa shape index (κ3) is 18.3. The Kier molecular flexibility index (Phi) is 25.0. The summed E-state index contributed by atoms with van der Waals surface area (Å²) < 4.78 is 35.6. The van der Waals surface area contributed by atoms with Gasteiger partial charge in [-0.25, -0.2) is 8.78 Å². The molecule has 5 heterocycles. The van der Waals surface area contributed by atoms with E-state index in [9.17, 15) is 42.7 Å². The zero-order valence-corrected chi connectivity index (χ0v) is 56.0. The number of fused-ring (bicyclic) bond motifs is 6. The highest BCUT2D eigenvalue weighted by atomic mass is 32.2. The number of methoxy groups -OCH3 is 1. The van der Waals surface area contributed by atoms with Gasteiger partial charge in [0.25, 0.3) is 0 Å². The molecule has 6 aromatic rings. The molecule has 96 heavy (non-hydrogen) atoms. The number of phenols is 1. The number of aromatic nitrogens is 2. The number of unbranched alkanes of at least 4 members (excludes halogenated alkanes) is 1. The minimum Gasteiger partial charge on any atom is -0.508 e. The summed E-state index contributed by atoms with van der Waals surface area (Å²) in [4.78, 5) is 141. The molecule has 3 aliphatic heterocycles. The fourth-order valence-corrected chi connectivity index (χ4v) is 14.3. The molecule has 9 amide bonds. The number of phenolic OH excluding ortho intramolecular Hbond substituents is 1. The molecule has 3 aliphatic rings. The normalized spacial score (nSPS) is 24.4. The Morgan fingerprint density at radius 1 is 0.667 bits per heavy atom. The molecule has 0 spiro atoms. The molecule has 27 heteroatoms. The monoisotopic (exact) mass is 1360 g/mol. The van der Waals surface area contributed by atoms with Crippen LogP contribution in [0.25, 0.3) is 21.8 Å². The SMILES string of the molecule is CO[C@@H](C)[C@@H]1NC(=O)[C@@H]2CCCN2C(=O)[C@H](Cc2c[nH]c3ccc(F)cc23)NC(=O)[C@H](Cc2c[nH]c3ccc(F)cc23)NC(=O)[C@@H](C)NC(=O)[C@H](CCCCN)NC(=O)CCSCc2cccc(c2)CSCCNC(=O)[C@]2(C)CCCN2C(=O)[C@H](Cc2ccc(O)cc2)NC1=O. The number of ether oxygens (including phenoxy) is 1. The number of amides is 9. The van der Waals surface area contributed by atoms with E-state index in [1.807, 2.05) is 18.2 Å². The first kappa shape index (κ1) is 71.8. The van der Waals surface area contributed by atoms with Crippen molar-refractivity contribution in [2.45, 2.75) is 157 Å². The smallest absolute Gasteiger partial charge is 0.246 e. The van der Waals surface area contributed by atoms with Crippen molar-refractivity contribution in [2.75, 3.05) is 44.8 Å². The number of nitrogens with two attached hydrogens (primary N) is 1. The van der Waals surface area contributed by atoms with Gasteiger partial charge in [-0.2, -0.15) is 23.5 Å². The number of aromatic hydroxyl groups is 1. The minimum atomic E-state index is -1.52. The highest BCUT2D eigenvalue weighted by molar-refractivity contribution is 7.98. The van der Waals surface area contributed by atoms with Crippen LogP contribution in [0.5, 0.6) is 5.75 Å². The molecular formula is C69H86F2N12O11S2. The zero-order valence-electron chi connectivity index (χ0n) is 54.4. The van der Waals surface area contributed by atoms with Crippen LogP contribution in [0.15, 0.2) is 97.3 Å². The lowest BCUT2D eigenvalue weighted by atomic mass is 9.95. The number of hydrogen-bond acceptors (Lipinski definition) is 14. The lowest BCUT2D eigenvalue weighted by Crippen LogP contribution is -2.63. The summed E-state index contributed by atoms with van der Waals surface area (Å²) in [6.07, 6.45) is 4.03. The molecule has 514 valence electrons. The van der Waals surface area contributed by atoms with E-state index in [2.05, 4.69) is 53.3 Å². The lowest BCUT2D eigenvalue weighted by molar-refractivity contribution is -0.147. The van der Waals surface area contributed by atoms with Crippen LogP contribution in [0.1, 0.15) is 100.0 Å². The van der Waals surface area contributed by atoms with Crippen LogP contribution in [0.2, 0.25) is 0 Å². The Balaban J connectivity index is 1.04. The van der Waals surface area contributed by atoms with Crippen molar-refractivity contribution in [1.29, 1.82) is 0 Å². The second kappa shape index (κ2) is 33.4. The molecule has 2 bridgehead atoms. The van der Waals surface area contributed by atoms with Gasteiger partial charge >= 0.3 is 0 Å². The predicted molar refractivity (Wildman–Crippen MR) is 363 cm³/mol. The van der Waals surface area contributed by atoms with Crippen LogP contribution in [0, 0.1) is 11.6 Å². The maximum Gasteiger partial charge on any atom is 0.246 e. The summed E-state index contributed by atoms with van der Waals surface area (Å²) in [5.74, 6) is -4.99. The number of benzene rings is 4. The number of halogens is 2. The molecule has 9 rings (SSSR count). The molecule has 0 saturated carbocycles. The van der Waals surface area contributed by atoms with E-state index in [0.717, 1.165) is 11.1 Å². The van der Waals surface area contributed by atoms with E-state index in [0.29, 0.717) is 107 Å². The molecular weight excluding hydrogens is 1270 g/mol. The van der Waals surface area contributed by atoms with Crippen LogP contribution in [-0.4, -0.2) is 177 Å². The minimum absolute atomic E-state index is 0.00590. The molecule has 0 aliphatic carbocycles. The van der Waals surface area contributed by atoms with Gasteiger partial charge in [0, 0.05) is 110 Å². The van der Waals surface area contributed by atoms with E-state index >= 15 is 14.4 Å². The summed E-state index contributed by atoms with van der Waals surface area (Å²) in [5, 5.41) is 30.8. The van der Waals surface area contributed by atoms with E-state index in [4.69, 9.17) is 10.5 Å². The Bertz CT molecular complexity index is 3780. The fourth-order valence-electron chi connectivity index (χ4n) is 12.6. The van der Waals surface area contributed by atoms with Crippen molar-refractivity contribution in [3.8, 4) is 5.75 Å². The Morgan fingerprint density at radius 3 is 1.94 bits per heavy atom. The summed E-state index contributed by atoms with van der Waals surface area (Å²) in [6.45, 7) is 5.50. The van der Waals surface area contributed by atoms with Gasteiger partial charge < -0.3 is 72.6 Å². The van der Waals surface area contributed by atoms with Crippen LogP contribution >= 0.6 is 23.5 Å². The maximum atomic E-state index is 15.5. The van der Waals surface area contributed by atoms with Crippen molar-refractivity contribution in [2.24, 2.45) is 5.73 Å². The Hall–Kier alpha value is -8.53. The number of rotatable bonds is 12. The maximum absolute atomic E-state index is 15.5.